The summed E-state index contributed by atoms with van der Waals surface area (Å²) in [5.41, 5.74) is -0.354. The summed E-state index contributed by atoms with van der Waals surface area (Å²) < 4.78 is 39.4. The Kier molecular flexibility index (Phi) is 7.02. The minimum absolute atomic E-state index is 0.0851. The molecule has 0 radical (unpaired) electrons. The zero-order valence-electron chi connectivity index (χ0n) is 21.9. The van der Waals surface area contributed by atoms with Crippen molar-refractivity contribution in [1.82, 2.24) is 9.62 Å². The number of carboxylic acid groups (broad SMARTS) is 1. The van der Waals surface area contributed by atoms with Crippen LogP contribution in [-0.2, 0) is 10.0 Å². The molecule has 3 amide bonds. The van der Waals surface area contributed by atoms with Gasteiger partial charge in [0, 0.05) is 12.5 Å². The lowest BCUT2D eigenvalue weighted by molar-refractivity contribution is -0.914. The number of carbonyl (C=O) groups is 3. The van der Waals surface area contributed by atoms with Gasteiger partial charge in [-0.15, -0.1) is 0 Å². The molecule has 2 aliphatic rings. The summed E-state index contributed by atoms with van der Waals surface area (Å²) in [4.78, 5) is 39.9. The molecular weight excluding hydrogens is 514 g/mol. The van der Waals surface area contributed by atoms with Crippen molar-refractivity contribution in [3.05, 3.63) is 53.6 Å². The maximum Gasteiger partial charge on any atom is 0.514 e. The zero-order chi connectivity index (χ0) is 28.0. The molecule has 2 N–H and O–H groups in total. The van der Waals surface area contributed by atoms with Crippen LogP contribution in [0.25, 0.3) is 0 Å². The number of fused-ring (bicyclic) bond motifs is 1. The SMILES string of the molecule is COc1ccc(OC)c(S(=O)(=O)N[C@@H]2C[C@H](CN3C(=O)c4ccccc4C3=O)[N+](C(=O)O)(C(C)(C)C)C2)c1. The van der Waals surface area contributed by atoms with Gasteiger partial charge in [0.2, 0.25) is 10.0 Å². The van der Waals surface area contributed by atoms with Crippen LogP contribution < -0.4 is 14.2 Å². The Hall–Kier alpha value is -3.48. The monoisotopic (exact) mass is 546 g/mol. The van der Waals surface area contributed by atoms with Gasteiger partial charge in [-0.3, -0.25) is 14.5 Å². The first-order valence-corrected chi connectivity index (χ1v) is 13.6. The summed E-state index contributed by atoms with van der Waals surface area (Å²) in [6.07, 6.45) is -1.08. The summed E-state index contributed by atoms with van der Waals surface area (Å²) in [5, 5.41) is 10.5. The van der Waals surface area contributed by atoms with E-state index in [1.165, 1.54) is 26.4 Å². The Balaban J connectivity index is 1.69. The van der Waals surface area contributed by atoms with Crippen LogP contribution in [0.15, 0.2) is 47.4 Å². The number of nitrogens with one attached hydrogen (secondary N) is 1. The Morgan fingerprint density at radius 1 is 1.08 bits per heavy atom. The number of carbonyl (C=O) groups excluding carboxylic acids is 2. The number of benzene rings is 2. The van der Waals surface area contributed by atoms with Gasteiger partial charge in [0.05, 0.1) is 37.9 Å². The van der Waals surface area contributed by atoms with Gasteiger partial charge in [-0.05, 0) is 45.0 Å². The molecule has 0 aliphatic carbocycles. The van der Waals surface area contributed by atoms with Crippen LogP contribution >= 0.6 is 0 Å². The number of quaternary nitrogens is 1. The van der Waals surface area contributed by atoms with Crippen LogP contribution in [0.3, 0.4) is 0 Å². The lowest BCUT2D eigenvalue weighted by atomic mass is 9.99. The van der Waals surface area contributed by atoms with E-state index in [0.29, 0.717) is 5.75 Å². The Labute approximate surface area is 221 Å². The highest BCUT2D eigenvalue weighted by atomic mass is 32.2. The van der Waals surface area contributed by atoms with Gasteiger partial charge in [-0.25, -0.2) is 17.6 Å². The van der Waals surface area contributed by atoms with E-state index < -0.39 is 50.0 Å². The van der Waals surface area contributed by atoms with E-state index in [4.69, 9.17) is 9.47 Å². The summed E-state index contributed by atoms with van der Waals surface area (Å²) in [5.74, 6) is -0.568. The van der Waals surface area contributed by atoms with E-state index in [2.05, 4.69) is 4.72 Å². The van der Waals surface area contributed by atoms with Gasteiger partial charge >= 0.3 is 6.09 Å². The van der Waals surface area contributed by atoms with Crippen molar-refractivity contribution in [2.75, 3.05) is 27.3 Å². The summed E-state index contributed by atoms with van der Waals surface area (Å²) in [7, 11) is -1.40. The van der Waals surface area contributed by atoms with Crippen LogP contribution in [0.1, 0.15) is 47.9 Å². The number of likely N-dealkylation sites (tertiary alicyclic amines) is 1. The number of methoxy groups -OCH3 is 2. The first-order chi connectivity index (χ1) is 17.8. The molecule has 12 heteroatoms. The number of amides is 3. The molecule has 2 aromatic rings. The molecule has 0 saturated carbocycles. The fraction of sp³-hybridized carbons (Fsp3) is 0.423. The van der Waals surface area contributed by atoms with Crippen LogP contribution in [-0.4, -0.2) is 85.7 Å². The molecule has 0 aromatic heterocycles. The van der Waals surface area contributed by atoms with E-state index in [1.807, 2.05) is 0 Å². The Morgan fingerprint density at radius 3 is 2.18 bits per heavy atom. The van der Waals surface area contributed by atoms with Crippen LogP contribution in [0.2, 0.25) is 0 Å². The molecule has 2 heterocycles. The number of sulfonamides is 1. The van der Waals surface area contributed by atoms with Crippen molar-refractivity contribution in [3.8, 4) is 11.5 Å². The van der Waals surface area contributed by atoms with Gasteiger partial charge in [0.15, 0.2) is 0 Å². The zero-order valence-corrected chi connectivity index (χ0v) is 22.7. The highest BCUT2D eigenvalue weighted by Gasteiger charge is 2.61. The summed E-state index contributed by atoms with van der Waals surface area (Å²) in [6.45, 7) is 4.99. The first-order valence-electron chi connectivity index (χ1n) is 12.1. The first kappa shape index (κ1) is 27.6. The summed E-state index contributed by atoms with van der Waals surface area (Å²) in [6, 6.07) is 9.24. The highest BCUT2D eigenvalue weighted by molar-refractivity contribution is 7.89. The molecule has 11 nitrogen and oxygen atoms in total. The van der Waals surface area contributed by atoms with E-state index in [0.717, 1.165) is 4.90 Å². The standard InChI is InChI=1S/C26H31N3O8S/c1-26(2,3)29(25(32)33)15-16(27-38(34,35)22-13-18(36-4)10-11-21(22)37-5)12-17(29)14-28-23(30)19-8-6-7-9-20(19)24(28)31/h6-11,13,16-17,27H,12,14-15H2,1-5H3/p+1/t16-,17-,29?/m1/s1. The minimum atomic E-state index is -4.16. The Morgan fingerprint density at radius 2 is 1.68 bits per heavy atom. The van der Waals surface area contributed by atoms with Gasteiger partial charge in [-0.1, -0.05) is 12.1 Å². The minimum Gasteiger partial charge on any atom is -0.497 e. The molecule has 204 valence electrons. The van der Waals surface area contributed by atoms with Crippen molar-refractivity contribution in [2.24, 2.45) is 0 Å². The second kappa shape index (κ2) is 9.68. The third kappa shape index (κ3) is 4.42. The third-order valence-corrected chi connectivity index (χ3v) is 9.02. The predicted octanol–water partition coefficient (Wildman–Crippen LogP) is 2.71. The van der Waals surface area contributed by atoms with Crippen molar-refractivity contribution in [1.29, 1.82) is 0 Å². The molecule has 38 heavy (non-hydrogen) atoms. The topological polar surface area (TPSA) is 139 Å². The molecule has 3 atom stereocenters. The van der Waals surface area contributed by atoms with Gasteiger partial charge < -0.3 is 14.6 Å². The van der Waals surface area contributed by atoms with Crippen molar-refractivity contribution >= 4 is 27.9 Å². The normalized spacial score (nSPS) is 23.4. The molecule has 1 saturated heterocycles. The van der Waals surface area contributed by atoms with Crippen molar-refractivity contribution in [2.45, 2.75) is 49.7 Å². The van der Waals surface area contributed by atoms with Crippen LogP contribution in [0, 0.1) is 0 Å². The maximum atomic E-state index is 13.5. The fourth-order valence-corrected chi connectivity index (χ4v) is 7.04. The van der Waals surface area contributed by atoms with Crippen LogP contribution in [0.4, 0.5) is 4.79 Å². The molecule has 2 aliphatic heterocycles. The molecule has 0 bridgehead atoms. The van der Waals surface area contributed by atoms with Gasteiger partial charge in [0.25, 0.3) is 11.8 Å². The number of imide groups is 1. The average Bonchev–Trinajstić information content (AvgIpc) is 3.35. The van der Waals surface area contributed by atoms with Crippen molar-refractivity contribution in [3.63, 3.8) is 0 Å². The smallest absolute Gasteiger partial charge is 0.497 e. The number of hydrogen-bond donors (Lipinski definition) is 2. The maximum absolute atomic E-state index is 13.5. The number of nitrogens with zero attached hydrogens (tertiary/aromatic N) is 2. The molecule has 2 aromatic carbocycles. The van der Waals surface area contributed by atoms with Crippen LogP contribution in [0.5, 0.6) is 11.5 Å². The third-order valence-electron chi connectivity index (χ3n) is 7.48. The van der Waals surface area contributed by atoms with Gasteiger partial charge in [-0.2, -0.15) is 4.79 Å². The molecular formula is C26H32N3O8S+. The molecule has 4 rings (SSSR count). The predicted molar refractivity (Wildman–Crippen MR) is 137 cm³/mol. The van der Waals surface area contributed by atoms with E-state index in [1.54, 1.807) is 51.1 Å². The molecule has 1 unspecified atom stereocenters. The lowest BCUT2D eigenvalue weighted by Crippen LogP contribution is -2.68. The quantitative estimate of drug-likeness (QED) is 0.399. The number of hydrogen-bond acceptors (Lipinski definition) is 7. The largest absolute Gasteiger partial charge is 0.514 e. The van der Waals surface area contributed by atoms with E-state index >= 15 is 0 Å². The second-order valence-corrected chi connectivity index (χ2v) is 12.2. The van der Waals surface area contributed by atoms with E-state index in [9.17, 15) is 27.9 Å². The number of ether oxygens (including phenoxy) is 2. The average molecular weight is 547 g/mol. The molecule has 0 spiro atoms. The van der Waals surface area contributed by atoms with Crippen molar-refractivity contribution < 1.29 is 41.9 Å². The fourth-order valence-electron chi connectivity index (χ4n) is 5.61. The van der Waals surface area contributed by atoms with E-state index in [-0.39, 0.29) is 41.3 Å². The lowest BCUT2D eigenvalue weighted by Gasteiger charge is -2.45. The molecule has 1 fully saturated rings. The van der Waals surface area contributed by atoms with Gasteiger partial charge in [0.1, 0.15) is 34.5 Å². The second-order valence-electron chi connectivity index (χ2n) is 10.5. The number of rotatable bonds is 7. The highest BCUT2D eigenvalue weighted by Crippen LogP contribution is 2.39. The Bertz CT molecular complexity index is 1370. The summed E-state index contributed by atoms with van der Waals surface area (Å²) >= 11 is 0.